The number of nitrogens with two attached hydrogens (primary N) is 1. The van der Waals surface area contributed by atoms with Gasteiger partial charge in [-0.05, 0) is 37.5 Å². The standard InChI is InChI=1S/C19H22N6O2/c1-26-14-7-6-12(10-15(14)27-2)13-11-21-17-16(22-13)18(24-19(20)23-17)25-8-4-3-5-9-25/h6-7,10-11H,3-5,8-9H2,1-2H3,(H2,20,21,23,24). The highest BCUT2D eigenvalue weighted by Gasteiger charge is 2.19. The molecule has 0 atom stereocenters. The first-order chi connectivity index (χ1) is 13.2. The van der Waals surface area contributed by atoms with Crippen LogP contribution < -0.4 is 20.1 Å². The Morgan fingerprint density at radius 1 is 0.963 bits per heavy atom. The number of hydrogen-bond acceptors (Lipinski definition) is 8. The molecule has 27 heavy (non-hydrogen) atoms. The predicted octanol–water partition coefficient (Wildman–Crippen LogP) is 2.68. The summed E-state index contributed by atoms with van der Waals surface area (Å²) in [5.41, 5.74) is 8.67. The Balaban J connectivity index is 1.82. The monoisotopic (exact) mass is 366 g/mol. The molecule has 0 saturated carbocycles. The highest BCUT2D eigenvalue weighted by molar-refractivity contribution is 5.85. The van der Waals surface area contributed by atoms with Crippen molar-refractivity contribution < 1.29 is 9.47 Å². The third-order valence-electron chi connectivity index (χ3n) is 4.74. The Morgan fingerprint density at radius 3 is 2.48 bits per heavy atom. The van der Waals surface area contributed by atoms with Crippen molar-refractivity contribution in [2.45, 2.75) is 19.3 Å². The number of benzene rings is 1. The van der Waals surface area contributed by atoms with Crippen LogP contribution in [0.3, 0.4) is 0 Å². The van der Waals surface area contributed by atoms with Crippen molar-refractivity contribution in [1.29, 1.82) is 0 Å². The van der Waals surface area contributed by atoms with E-state index in [2.05, 4.69) is 19.9 Å². The van der Waals surface area contributed by atoms with E-state index in [0.717, 1.165) is 43.0 Å². The van der Waals surface area contributed by atoms with Gasteiger partial charge in [0.1, 0.15) is 0 Å². The summed E-state index contributed by atoms with van der Waals surface area (Å²) in [6.45, 7) is 1.88. The van der Waals surface area contributed by atoms with Crippen LogP contribution in [0.2, 0.25) is 0 Å². The quantitative estimate of drug-likeness (QED) is 0.752. The molecule has 8 nitrogen and oxygen atoms in total. The lowest BCUT2D eigenvalue weighted by atomic mass is 10.1. The summed E-state index contributed by atoms with van der Waals surface area (Å²) in [6, 6.07) is 5.66. The molecule has 0 unspecified atom stereocenters. The van der Waals surface area contributed by atoms with Crippen LogP contribution in [-0.2, 0) is 0 Å². The number of aromatic nitrogens is 4. The summed E-state index contributed by atoms with van der Waals surface area (Å²) < 4.78 is 10.7. The molecule has 0 spiro atoms. The second-order valence-electron chi connectivity index (χ2n) is 6.45. The highest BCUT2D eigenvalue weighted by atomic mass is 16.5. The number of anilines is 2. The summed E-state index contributed by atoms with van der Waals surface area (Å²) in [6.07, 6.45) is 5.19. The molecule has 4 rings (SSSR count). The van der Waals surface area contributed by atoms with Crippen LogP contribution >= 0.6 is 0 Å². The molecule has 3 aromatic rings. The third-order valence-corrected chi connectivity index (χ3v) is 4.74. The zero-order valence-corrected chi connectivity index (χ0v) is 15.5. The fourth-order valence-electron chi connectivity index (χ4n) is 3.37. The molecule has 1 aliphatic heterocycles. The lowest BCUT2D eigenvalue weighted by Gasteiger charge is -2.28. The molecule has 140 valence electrons. The number of piperidine rings is 1. The number of nitrogens with zero attached hydrogens (tertiary/aromatic N) is 5. The van der Waals surface area contributed by atoms with Gasteiger partial charge in [0, 0.05) is 18.7 Å². The summed E-state index contributed by atoms with van der Waals surface area (Å²) in [5.74, 6) is 2.28. The van der Waals surface area contributed by atoms with Crippen molar-refractivity contribution in [2.75, 3.05) is 37.9 Å². The minimum absolute atomic E-state index is 0.219. The fraction of sp³-hybridized carbons (Fsp3) is 0.368. The first kappa shape index (κ1) is 17.3. The smallest absolute Gasteiger partial charge is 0.224 e. The minimum atomic E-state index is 0.219. The van der Waals surface area contributed by atoms with Gasteiger partial charge in [-0.1, -0.05) is 0 Å². The zero-order valence-electron chi connectivity index (χ0n) is 15.5. The Morgan fingerprint density at radius 2 is 1.74 bits per heavy atom. The first-order valence-electron chi connectivity index (χ1n) is 8.97. The SMILES string of the molecule is COc1ccc(-c2cnc3nc(N)nc(N4CCCCC4)c3n2)cc1OC. The largest absolute Gasteiger partial charge is 0.493 e. The third kappa shape index (κ3) is 3.30. The number of rotatable bonds is 4. The van der Waals surface area contributed by atoms with Crippen LogP contribution in [0, 0.1) is 0 Å². The highest BCUT2D eigenvalue weighted by Crippen LogP contribution is 2.33. The van der Waals surface area contributed by atoms with Crippen LogP contribution in [0.4, 0.5) is 11.8 Å². The van der Waals surface area contributed by atoms with Gasteiger partial charge < -0.3 is 20.1 Å². The van der Waals surface area contributed by atoms with E-state index in [1.54, 1.807) is 20.4 Å². The zero-order chi connectivity index (χ0) is 18.8. The Bertz CT molecular complexity index is 972. The summed E-state index contributed by atoms with van der Waals surface area (Å²) in [5, 5.41) is 0. The van der Waals surface area contributed by atoms with E-state index in [9.17, 15) is 0 Å². The summed E-state index contributed by atoms with van der Waals surface area (Å²) in [7, 11) is 3.22. The van der Waals surface area contributed by atoms with E-state index >= 15 is 0 Å². The van der Waals surface area contributed by atoms with Crippen LogP contribution in [0.15, 0.2) is 24.4 Å². The number of hydrogen-bond donors (Lipinski definition) is 1. The molecule has 1 fully saturated rings. The maximum absolute atomic E-state index is 5.90. The molecule has 3 heterocycles. The van der Waals surface area contributed by atoms with Gasteiger partial charge in [0.15, 0.2) is 28.5 Å². The summed E-state index contributed by atoms with van der Waals surface area (Å²) in [4.78, 5) is 20.2. The number of nitrogen functional groups attached to an aromatic ring is 1. The predicted molar refractivity (Wildman–Crippen MR) is 104 cm³/mol. The minimum Gasteiger partial charge on any atom is -0.493 e. The van der Waals surface area contributed by atoms with Crippen molar-refractivity contribution in [3.63, 3.8) is 0 Å². The van der Waals surface area contributed by atoms with E-state index in [1.165, 1.54) is 6.42 Å². The molecule has 0 bridgehead atoms. The van der Waals surface area contributed by atoms with E-state index in [0.29, 0.717) is 22.7 Å². The normalized spacial score (nSPS) is 14.4. The van der Waals surface area contributed by atoms with Gasteiger partial charge >= 0.3 is 0 Å². The molecule has 2 N–H and O–H groups in total. The van der Waals surface area contributed by atoms with Crippen molar-refractivity contribution in [1.82, 2.24) is 19.9 Å². The average molecular weight is 366 g/mol. The van der Waals surface area contributed by atoms with Crippen molar-refractivity contribution >= 4 is 22.9 Å². The van der Waals surface area contributed by atoms with Gasteiger partial charge in [-0.15, -0.1) is 0 Å². The topological polar surface area (TPSA) is 99.3 Å². The van der Waals surface area contributed by atoms with E-state index in [1.807, 2.05) is 18.2 Å². The Labute approximate surface area is 157 Å². The molecule has 0 aliphatic carbocycles. The average Bonchev–Trinajstić information content (AvgIpc) is 2.73. The maximum Gasteiger partial charge on any atom is 0.224 e. The first-order valence-corrected chi connectivity index (χ1v) is 8.97. The van der Waals surface area contributed by atoms with Gasteiger partial charge in [0.2, 0.25) is 5.95 Å². The van der Waals surface area contributed by atoms with Gasteiger partial charge in [0.25, 0.3) is 0 Å². The number of methoxy groups -OCH3 is 2. The molecular weight excluding hydrogens is 344 g/mol. The second kappa shape index (κ2) is 7.22. The maximum atomic E-state index is 5.90. The van der Waals surface area contributed by atoms with Crippen LogP contribution in [-0.4, -0.2) is 47.2 Å². The molecule has 1 saturated heterocycles. The lowest BCUT2D eigenvalue weighted by molar-refractivity contribution is 0.355. The Kier molecular flexibility index (Phi) is 4.62. The molecular formula is C19H22N6O2. The molecule has 0 amide bonds. The fourth-order valence-corrected chi connectivity index (χ4v) is 3.37. The molecule has 8 heteroatoms. The van der Waals surface area contributed by atoms with Gasteiger partial charge in [0.05, 0.1) is 26.1 Å². The number of fused-ring (bicyclic) bond motifs is 1. The van der Waals surface area contributed by atoms with Crippen LogP contribution in [0.25, 0.3) is 22.4 Å². The Hall–Kier alpha value is -3.16. The van der Waals surface area contributed by atoms with E-state index < -0.39 is 0 Å². The van der Waals surface area contributed by atoms with E-state index in [4.69, 9.17) is 20.2 Å². The second-order valence-corrected chi connectivity index (χ2v) is 6.45. The van der Waals surface area contributed by atoms with Crippen molar-refractivity contribution in [2.24, 2.45) is 0 Å². The van der Waals surface area contributed by atoms with Crippen molar-refractivity contribution in [3.8, 4) is 22.8 Å². The molecule has 1 aromatic carbocycles. The lowest BCUT2D eigenvalue weighted by Crippen LogP contribution is -2.30. The van der Waals surface area contributed by atoms with Crippen LogP contribution in [0.5, 0.6) is 11.5 Å². The molecule has 2 aromatic heterocycles. The van der Waals surface area contributed by atoms with Gasteiger partial charge in [-0.2, -0.15) is 9.97 Å². The van der Waals surface area contributed by atoms with E-state index in [-0.39, 0.29) is 5.95 Å². The van der Waals surface area contributed by atoms with Gasteiger partial charge in [-0.3, -0.25) is 0 Å². The van der Waals surface area contributed by atoms with Crippen molar-refractivity contribution in [3.05, 3.63) is 24.4 Å². The van der Waals surface area contributed by atoms with Crippen LogP contribution in [0.1, 0.15) is 19.3 Å². The summed E-state index contributed by atoms with van der Waals surface area (Å²) >= 11 is 0. The molecule has 0 radical (unpaired) electrons. The number of ether oxygens (including phenoxy) is 2. The van der Waals surface area contributed by atoms with Gasteiger partial charge in [-0.25, -0.2) is 9.97 Å². The molecule has 1 aliphatic rings.